The minimum Gasteiger partial charge on any atom is -0.372 e. The van der Waals surface area contributed by atoms with Crippen LogP contribution in [0.5, 0.6) is 0 Å². The van der Waals surface area contributed by atoms with Gasteiger partial charge in [0.25, 0.3) is 0 Å². The lowest BCUT2D eigenvalue weighted by molar-refractivity contribution is -0.118. The van der Waals surface area contributed by atoms with Gasteiger partial charge in [-0.25, -0.2) is 4.98 Å². The molecule has 1 aliphatic rings. The first-order valence-electron chi connectivity index (χ1n) is 9.16. The fourth-order valence-corrected chi connectivity index (χ4v) is 4.65. The zero-order chi connectivity index (χ0) is 17.8. The number of aromatic nitrogens is 2. The number of nitrogens with zero attached hydrogens (tertiary/aromatic N) is 4. The first-order valence-corrected chi connectivity index (χ1v) is 9.97. The van der Waals surface area contributed by atoms with Gasteiger partial charge < -0.3 is 15.1 Å². The van der Waals surface area contributed by atoms with Crippen LogP contribution in [0.25, 0.3) is 10.2 Å². The molecule has 0 aromatic carbocycles. The molecule has 0 unspecified atom stereocenters. The number of aryl methyl sites for hydroxylation is 2. The number of amides is 1. The third-order valence-corrected chi connectivity index (χ3v) is 6.00. The van der Waals surface area contributed by atoms with E-state index in [2.05, 4.69) is 24.1 Å². The van der Waals surface area contributed by atoms with Crippen LogP contribution in [0.1, 0.15) is 37.1 Å². The van der Waals surface area contributed by atoms with Crippen LogP contribution in [0.2, 0.25) is 0 Å². The number of unbranched alkanes of at least 4 members (excludes halogenated alkanes) is 1. The molecule has 0 bridgehead atoms. The molecular formula is C18H27N5OS. The molecule has 0 radical (unpaired) electrons. The zero-order valence-corrected chi connectivity index (χ0v) is 16.2. The van der Waals surface area contributed by atoms with Crippen LogP contribution in [-0.4, -0.2) is 54.5 Å². The third kappa shape index (κ3) is 3.56. The first kappa shape index (κ1) is 17.9. The number of hydrogen-bond acceptors (Lipinski definition) is 6. The minimum absolute atomic E-state index is 0.728. The Hall–Kier alpha value is -1.89. The monoisotopic (exact) mass is 361 g/mol. The summed E-state index contributed by atoms with van der Waals surface area (Å²) in [4.78, 5) is 27.1. The molecule has 3 heterocycles. The third-order valence-electron chi connectivity index (χ3n) is 4.82. The van der Waals surface area contributed by atoms with Crippen LogP contribution in [0, 0.1) is 0 Å². The van der Waals surface area contributed by atoms with Crippen molar-refractivity contribution in [3.8, 4) is 0 Å². The Bertz CT molecular complexity index is 737. The number of rotatable bonds is 7. The summed E-state index contributed by atoms with van der Waals surface area (Å²) >= 11 is 1.82. The average molecular weight is 362 g/mol. The summed E-state index contributed by atoms with van der Waals surface area (Å²) in [5.74, 6) is 1.70. The Labute approximate surface area is 153 Å². The molecule has 1 aliphatic heterocycles. The molecule has 25 heavy (non-hydrogen) atoms. The number of hydrogen-bond donors (Lipinski definition) is 1. The average Bonchev–Trinajstić information content (AvgIpc) is 3.03. The first-order chi connectivity index (χ1) is 12.2. The van der Waals surface area contributed by atoms with Gasteiger partial charge in [-0.1, -0.05) is 20.3 Å². The molecule has 1 amide bonds. The molecule has 2 aromatic heterocycles. The summed E-state index contributed by atoms with van der Waals surface area (Å²) in [7, 11) is 1.93. The summed E-state index contributed by atoms with van der Waals surface area (Å²) in [5.41, 5.74) is 1.40. The molecule has 6 nitrogen and oxygen atoms in total. The summed E-state index contributed by atoms with van der Waals surface area (Å²) in [6.07, 6.45) is 5.47. The number of carbonyl (C=O) groups is 1. The topological polar surface area (TPSA) is 61.4 Å². The highest BCUT2D eigenvalue weighted by molar-refractivity contribution is 7.19. The van der Waals surface area contributed by atoms with Gasteiger partial charge in [0.05, 0.1) is 5.39 Å². The summed E-state index contributed by atoms with van der Waals surface area (Å²) in [5, 5.41) is 4.47. The molecule has 0 spiro atoms. The molecule has 1 fully saturated rings. The van der Waals surface area contributed by atoms with Gasteiger partial charge in [-0.05, 0) is 24.8 Å². The summed E-state index contributed by atoms with van der Waals surface area (Å²) < 4.78 is 0. The van der Waals surface area contributed by atoms with Crippen LogP contribution < -0.4 is 10.2 Å². The Morgan fingerprint density at radius 1 is 1.20 bits per heavy atom. The van der Waals surface area contributed by atoms with E-state index in [1.165, 1.54) is 28.7 Å². The van der Waals surface area contributed by atoms with E-state index in [4.69, 9.17) is 9.97 Å². The summed E-state index contributed by atoms with van der Waals surface area (Å²) in [6.45, 7) is 7.46. The van der Waals surface area contributed by atoms with Crippen molar-refractivity contribution in [2.45, 2.75) is 39.5 Å². The Kier molecular flexibility index (Phi) is 5.73. The van der Waals surface area contributed by atoms with E-state index in [0.717, 1.165) is 62.0 Å². The molecular weight excluding hydrogens is 334 g/mol. The predicted molar refractivity (Wildman–Crippen MR) is 105 cm³/mol. The van der Waals surface area contributed by atoms with Gasteiger partial charge in [0.2, 0.25) is 12.4 Å². The molecule has 7 heteroatoms. The van der Waals surface area contributed by atoms with Crippen molar-refractivity contribution in [2.24, 2.45) is 0 Å². The molecule has 136 valence electrons. The van der Waals surface area contributed by atoms with E-state index < -0.39 is 0 Å². The Morgan fingerprint density at radius 3 is 2.56 bits per heavy atom. The molecule has 1 saturated heterocycles. The highest BCUT2D eigenvalue weighted by Gasteiger charge is 2.22. The lowest BCUT2D eigenvalue weighted by atomic mass is 10.1. The molecule has 2 aromatic rings. The quantitative estimate of drug-likeness (QED) is 0.769. The van der Waals surface area contributed by atoms with Gasteiger partial charge in [-0.3, -0.25) is 4.79 Å². The summed E-state index contributed by atoms with van der Waals surface area (Å²) in [6, 6.07) is 0. The van der Waals surface area contributed by atoms with E-state index in [1.807, 2.05) is 18.4 Å². The van der Waals surface area contributed by atoms with Gasteiger partial charge >= 0.3 is 0 Å². The molecule has 0 atom stereocenters. The van der Waals surface area contributed by atoms with Gasteiger partial charge in [0, 0.05) is 38.1 Å². The molecule has 1 N–H and O–H groups in total. The number of thiophene rings is 1. The maximum absolute atomic E-state index is 10.9. The number of nitrogens with one attached hydrogen (secondary N) is 1. The van der Waals surface area contributed by atoms with Gasteiger partial charge in [0.15, 0.2) is 0 Å². The minimum atomic E-state index is 0.728. The van der Waals surface area contributed by atoms with Gasteiger partial charge in [0.1, 0.15) is 10.6 Å². The van der Waals surface area contributed by atoms with E-state index in [0.29, 0.717) is 0 Å². The van der Waals surface area contributed by atoms with Crippen LogP contribution in [0.3, 0.4) is 0 Å². The highest BCUT2D eigenvalue weighted by atomic mass is 32.1. The van der Waals surface area contributed by atoms with E-state index in [9.17, 15) is 4.79 Å². The number of carbonyl (C=O) groups excluding carboxylic acids is 1. The van der Waals surface area contributed by atoms with Crippen molar-refractivity contribution in [3.05, 3.63) is 10.4 Å². The predicted octanol–water partition coefficient (Wildman–Crippen LogP) is 2.92. The van der Waals surface area contributed by atoms with Crippen molar-refractivity contribution in [2.75, 3.05) is 43.4 Å². The van der Waals surface area contributed by atoms with Crippen LogP contribution in [0.15, 0.2) is 0 Å². The Morgan fingerprint density at radius 2 is 1.96 bits per heavy atom. The second-order valence-electron chi connectivity index (χ2n) is 6.39. The number of fused-ring (bicyclic) bond motifs is 1. The highest BCUT2D eigenvalue weighted by Crippen LogP contribution is 2.36. The Balaban J connectivity index is 1.98. The zero-order valence-electron chi connectivity index (χ0n) is 15.3. The largest absolute Gasteiger partial charge is 0.372 e. The SMILES string of the molecule is CCCCc1sc2nc(N3CCN(C=O)CC3)nc(NC)c2c1CC. The number of piperazine rings is 1. The fraction of sp³-hybridized carbons (Fsp3) is 0.611. The van der Waals surface area contributed by atoms with Crippen molar-refractivity contribution in [3.63, 3.8) is 0 Å². The van der Waals surface area contributed by atoms with Crippen LogP contribution >= 0.6 is 11.3 Å². The van der Waals surface area contributed by atoms with Crippen molar-refractivity contribution >= 4 is 39.7 Å². The molecule has 0 aliphatic carbocycles. The second-order valence-corrected chi connectivity index (χ2v) is 7.48. The smallest absolute Gasteiger partial charge is 0.228 e. The normalized spacial score (nSPS) is 15.0. The van der Waals surface area contributed by atoms with Crippen molar-refractivity contribution in [1.29, 1.82) is 0 Å². The van der Waals surface area contributed by atoms with E-state index in [1.54, 1.807) is 4.90 Å². The maximum atomic E-state index is 10.9. The number of anilines is 2. The van der Waals surface area contributed by atoms with Crippen LogP contribution in [0.4, 0.5) is 11.8 Å². The van der Waals surface area contributed by atoms with Gasteiger partial charge in [-0.15, -0.1) is 11.3 Å². The van der Waals surface area contributed by atoms with Gasteiger partial charge in [-0.2, -0.15) is 4.98 Å². The molecule has 3 rings (SSSR count). The maximum Gasteiger partial charge on any atom is 0.228 e. The van der Waals surface area contributed by atoms with E-state index >= 15 is 0 Å². The van der Waals surface area contributed by atoms with E-state index in [-0.39, 0.29) is 0 Å². The van der Waals surface area contributed by atoms with Crippen LogP contribution in [-0.2, 0) is 17.6 Å². The van der Waals surface area contributed by atoms with Crippen molar-refractivity contribution in [1.82, 2.24) is 14.9 Å². The standard InChI is InChI=1S/C18H27N5OS/c1-4-6-7-14-13(5-2)15-16(19-3)20-18(21-17(15)25-14)23-10-8-22(12-24)9-11-23/h12H,4-11H2,1-3H3,(H,19,20,21). The molecule has 0 saturated carbocycles. The lowest BCUT2D eigenvalue weighted by Crippen LogP contribution is -2.46. The second kappa shape index (κ2) is 7.99. The fourth-order valence-electron chi connectivity index (χ4n) is 3.36. The van der Waals surface area contributed by atoms with Crippen molar-refractivity contribution < 1.29 is 4.79 Å². The lowest BCUT2D eigenvalue weighted by Gasteiger charge is -2.32.